The second-order valence-electron chi connectivity index (χ2n) is 6.61. The van der Waals surface area contributed by atoms with Crippen molar-refractivity contribution in [1.82, 2.24) is 15.5 Å². The number of thioether (sulfide) groups is 1. The molecule has 6 nitrogen and oxygen atoms in total. The summed E-state index contributed by atoms with van der Waals surface area (Å²) in [4.78, 5) is 16.3. The van der Waals surface area contributed by atoms with Gasteiger partial charge in [-0.15, -0.1) is 11.8 Å². The third-order valence-corrected chi connectivity index (χ3v) is 5.28. The minimum absolute atomic E-state index is 0.0657. The number of aromatic nitrogens is 2. The van der Waals surface area contributed by atoms with E-state index >= 15 is 0 Å². The van der Waals surface area contributed by atoms with Crippen molar-refractivity contribution >= 4 is 17.7 Å². The van der Waals surface area contributed by atoms with Crippen LogP contribution in [0, 0.1) is 0 Å². The summed E-state index contributed by atoms with van der Waals surface area (Å²) in [6.07, 6.45) is -4.45. The first-order chi connectivity index (χ1) is 14.8. The molecule has 10 heteroatoms. The zero-order valence-electron chi connectivity index (χ0n) is 16.8. The van der Waals surface area contributed by atoms with Crippen LogP contribution in [0.15, 0.2) is 53.1 Å². The van der Waals surface area contributed by atoms with Crippen molar-refractivity contribution < 1.29 is 27.2 Å². The van der Waals surface area contributed by atoms with Gasteiger partial charge in [0, 0.05) is 11.1 Å². The first kappa shape index (κ1) is 22.7. The largest absolute Gasteiger partial charge is 0.496 e. The van der Waals surface area contributed by atoms with Crippen LogP contribution in [-0.4, -0.2) is 28.9 Å². The van der Waals surface area contributed by atoms with Gasteiger partial charge in [0.25, 0.3) is 0 Å². The monoisotopic (exact) mass is 451 g/mol. The molecule has 164 valence electrons. The topological polar surface area (TPSA) is 77.2 Å². The molecule has 1 aromatic heterocycles. The number of rotatable bonds is 8. The molecule has 1 unspecified atom stereocenters. The van der Waals surface area contributed by atoms with Gasteiger partial charge in [-0.1, -0.05) is 35.5 Å². The number of para-hydroxylation sites is 1. The summed E-state index contributed by atoms with van der Waals surface area (Å²) in [6, 6.07) is 11.9. The van der Waals surface area contributed by atoms with Gasteiger partial charge in [-0.2, -0.15) is 18.2 Å². The molecule has 1 N–H and O–H groups in total. The molecule has 2 aromatic carbocycles. The molecule has 0 aliphatic rings. The van der Waals surface area contributed by atoms with E-state index in [1.165, 1.54) is 23.9 Å². The highest BCUT2D eigenvalue weighted by molar-refractivity contribution is 7.99. The molecule has 3 aromatic rings. The maximum absolute atomic E-state index is 12.9. The number of hydrogen-bond acceptors (Lipinski definition) is 6. The van der Waals surface area contributed by atoms with Crippen molar-refractivity contribution in [1.29, 1.82) is 0 Å². The maximum atomic E-state index is 12.9. The van der Waals surface area contributed by atoms with Gasteiger partial charge in [0.2, 0.25) is 17.6 Å². The molecule has 1 heterocycles. The summed E-state index contributed by atoms with van der Waals surface area (Å²) in [5, 5.41) is 6.63. The highest BCUT2D eigenvalue weighted by atomic mass is 32.2. The molecule has 0 saturated carbocycles. The number of hydrogen-bond donors (Lipinski definition) is 1. The zero-order valence-corrected chi connectivity index (χ0v) is 17.6. The fourth-order valence-electron chi connectivity index (χ4n) is 2.88. The molecule has 0 spiro atoms. The van der Waals surface area contributed by atoms with E-state index in [1.54, 1.807) is 7.11 Å². The molecule has 1 atom stereocenters. The zero-order chi connectivity index (χ0) is 22.4. The molecule has 0 aliphatic heterocycles. The lowest BCUT2D eigenvalue weighted by Gasteiger charge is -2.17. The predicted molar refractivity (Wildman–Crippen MR) is 110 cm³/mol. The lowest BCUT2D eigenvalue weighted by molar-refractivity contribution is -0.137. The number of nitrogens with zero attached hydrogens (tertiary/aromatic N) is 2. The number of alkyl halides is 3. The van der Waals surface area contributed by atoms with Gasteiger partial charge < -0.3 is 14.6 Å². The molecular formula is C21H20F3N3O3S. The molecule has 1 amide bonds. The Morgan fingerprint density at radius 2 is 2.00 bits per heavy atom. The van der Waals surface area contributed by atoms with E-state index in [2.05, 4.69) is 15.5 Å². The molecule has 0 fully saturated rings. The highest BCUT2D eigenvalue weighted by Gasteiger charge is 2.30. The maximum Gasteiger partial charge on any atom is 0.416 e. The van der Waals surface area contributed by atoms with Crippen LogP contribution in [0.2, 0.25) is 0 Å². The first-order valence-corrected chi connectivity index (χ1v) is 10.4. The van der Waals surface area contributed by atoms with Gasteiger partial charge in [0.05, 0.1) is 30.2 Å². The number of halogens is 3. The van der Waals surface area contributed by atoms with Crippen molar-refractivity contribution in [3.63, 3.8) is 0 Å². The average Bonchev–Trinajstić information content (AvgIpc) is 3.22. The van der Waals surface area contributed by atoms with E-state index < -0.39 is 11.7 Å². The molecule has 0 radical (unpaired) electrons. The number of ether oxygens (including phenoxy) is 1. The summed E-state index contributed by atoms with van der Waals surface area (Å²) in [7, 11) is 1.57. The Balaban J connectivity index is 1.53. The normalized spacial score (nSPS) is 12.4. The summed E-state index contributed by atoms with van der Waals surface area (Å²) in [5.74, 6) is 1.21. The number of nitrogens with one attached hydrogen (secondary N) is 1. The molecule has 0 saturated heterocycles. The Morgan fingerprint density at radius 3 is 2.74 bits per heavy atom. The SMILES string of the molecule is COc1ccccc1C(C)NC(=O)CSCc1nc(-c2cccc(C(F)(F)F)c2)no1. The van der Waals surface area contributed by atoms with E-state index in [1.807, 2.05) is 31.2 Å². The minimum Gasteiger partial charge on any atom is -0.496 e. The Morgan fingerprint density at radius 1 is 1.23 bits per heavy atom. The molecule has 3 rings (SSSR count). The lowest BCUT2D eigenvalue weighted by atomic mass is 10.1. The molecule has 0 aliphatic carbocycles. The van der Waals surface area contributed by atoms with Gasteiger partial charge >= 0.3 is 6.18 Å². The van der Waals surface area contributed by atoms with Gasteiger partial charge in [0.1, 0.15) is 5.75 Å². The average molecular weight is 451 g/mol. The lowest BCUT2D eigenvalue weighted by Crippen LogP contribution is -2.28. The minimum atomic E-state index is -4.45. The van der Waals surface area contributed by atoms with Crippen molar-refractivity contribution in [2.45, 2.75) is 24.9 Å². The van der Waals surface area contributed by atoms with E-state index in [-0.39, 0.29) is 40.7 Å². The summed E-state index contributed by atoms with van der Waals surface area (Å²) >= 11 is 1.26. The van der Waals surface area contributed by atoms with Gasteiger partial charge in [-0.25, -0.2) is 0 Å². The second-order valence-corrected chi connectivity index (χ2v) is 7.60. The van der Waals surface area contributed by atoms with Crippen LogP contribution in [0.1, 0.15) is 30.0 Å². The van der Waals surface area contributed by atoms with E-state index in [0.29, 0.717) is 5.75 Å². The van der Waals surface area contributed by atoms with Crippen molar-refractivity contribution in [2.24, 2.45) is 0 Å². The summed E-state index contributed by atoms with van der Waals surface area (Å²) < 4.78 is 49.0. The Labute approximate surface area is 181 Å². The quantitative estimate of drug-likeness (QED) is 0.526. The smallest absolute Gasteiger partial charge is 0.416 e. The standard InChI is InChI=1S/C21H20F3N3O3S/c1-13(16-8-3-4-9-17(16)29-2)25-18(28)11-31-12-19-26-20(27-30-19)14-6-5-7-15(10-14)21(22,23)24/h3-10,13H,11-12H2,1-2H3,(H,25,28). The van der Waals surface area contributed by atoms with Crippen LogP contribution in [0.25, 0.3) is 11.4 Å². The molecule has 0 bridgehead atoms. The first-order valence-electron chi connectivity index (χ1n) is 9.28. The third-order valence-electron chi connectivity index (χ3n) is 4.36. The van der Waals surface area contributed by atoms with Crippen LogP contribution in [0.4, 0.5) is 13.2 Å². The van der Waals surface area contributed by atoms with E-state index in [9.17, 15) is 18.0 Å². The second kappa shape index (κ2) is 9.86. The van der Waals surface area contributed by atoms with Crippen molar-refractivity contribution in [3.05, 3.63) is 65.5 Å². The van der Waals surface area contributed by atoms with Crippen molar-refractivity contribution in [3.8, 4) is 17.1 Å². The van der Waals surface area contributed by atoms with Crippen LogP contribution in [0.5, 0.6) is 5.75 Å². The van der Waals surface area contributed by atoms with E-state index in [4.69, 9.17) is 9.26 Å². The summed E-state index contributed by atoms with van der Waals surface area (Å²) in [6.45, 7) is 1.86. The summed E-state index contributed by atoms with van der Waals surface area (Å²) in [5.41, 5.74) is 0.288. The highest BCUT2D eigenvalue weighted by Crippen LogP contribution is 2.31. The van der Waals surface area contributed by atoms with Crippen LogP contribution in [0.3, 0.4) is 0 Å². The fraction of sp³-hybridized carbons (Fsp3) is 0.286. The Bertz CT molecular complexity index is 1040. The van der Waals surface area contributed by atoms with Crippen LogP contribution >= 0.6 is 11.8 Å². The molecular weight excluding hydrogens is 431 g/mol. The van der Waals surface area contributed by atoms with Crippen LogP contribution in [-0.2, 0) is 16.7 Å². The number of carbonyl (C=O) groups is 1. The fourth-order valence-corrected chi connectivity index (χ4v) is 3.54. The number of amides is 1. The number of carbonyl (C=O) groups excluding carboxylic acids is 1. The molecule has 31 heavy (non-hydrogen) atoms. The number of benzene rings is 2. The number of methoxy groups -OCH3 is 1. The third kappa shape index (κ3) is 6.00. The predicted octanol–water partition coefficient (Wildman–Crippen LogP) is 4.87. The Hall–Kier alpha value is -3.01. The van der Waals surface area contributed by atoms with Gasteiger partial charge in [0.15, 0.2) is 0 Å². The van der Waals surface area contributed by atoms with Crippen LogP contribution < -0.4 is 10.1 Å². The van der Waals surface area contributed by atoms with Gasteiger partial charge in [-0.3, -0.25) is 4.79 Å². The Kier molecular flexibility index (Phi) is 7.21. The van der Waals surface area contributed by atoms with Crippen molar-refractivity contribution in [2.75, 3.05) is 12.9 Å². The van der Waals surface area contributed by atoms with E-state index in [0.717, 1.165) is 17.7 Å². The van der Waals surface area contributed by atoms with Gasteiger partial charge in [-0.05, 0) is 25.1 Å².